The Morgan fingerprint density at radius 1 is 1.42 bits per heavy atom. The van der Waals surface area contributed by atoms with Crippen LogP contribution >= 0.6 is 49.9 Å². The Kier molecular flexibility index (Phi) is 2.31. The van der Waals surface area contributed by atoms with Crippen LogP contribution in [0.5, 0.6) is 0 Å². The van der Waals surface area contributed by atoms with Crippen molar-refractivity contribution in [3.05, 3.63) is 25.6 Å². The summed E-state index contributed by atoms with van der Waals surface area (Å²) in [5.41, 5.74) is 6.78. The van der Waals surface area contributed by atoms with Crippen molar-refractivity contribution in [1.82, 2.24) is 0 Å². The van der Waals surface area contributed by atoms with Gasteiger partial charge in [-0.3, -0.25) is 0 Å². The molecule has 1 nitrogen and oxygen atoms in total. The van der Waals surface area contributed by atoms with Crippen molar-refractivity contribution in [2.24, 2.45) is 0 Å². The van der Waals surface area contributed by atoms with E-state index in [0.717, 1.165) is 15.5 Å². The highest BCUT2D eigenvalue weighted by atomic mass is 127. The normalized spacial score (nSPS) is 10.8. The summed E-state index contributed by atoms with van der Waals surface area (Å²) in [6.45, 7) is 0. The average Bonchev–Trinajstić information content (AvgIpc) is 2.28. The maximum atomic E-state index is 5.88. The molecular formula is C8H5BrINS. The van der Waals surface area contributed by atoms with Gasteiger partial charge >= 0.3 is 0 Å². The van der Waals surface area contributed by atoms with E-state index in [9.17, 15) is 0 Å². The zero-order valence-corrected chi connectivity index (χ0v) is 10.5. The summed E-state index contributed by atoms with van der Waals surface area (Å²) < 4.78 is 3.51. The summed E-state index contributed by atoms with van der Waals surface area (Å²) in [5.74, 6) is 0. The molecule has 0 spiro atoms. The number of benzene rings is 1. The molecule has 0 bridgehead atoms. The molecule has 0 unspecified atom stereocenters. The van der Waals surface area contributed by atoms with Crippen molar-refractivity contribution < 1.29 is 0 Å². The Morgan fingerprint density at radius 2 is 2.17 bits per heavy atom. The second-order valence-corrected chi connectivity index (χ2v) is 6.21. The molecule has 0 aliphatic rings. The molecule has 0 aliphatic heterocycles. The van der Waals surface area contributed by atoms with E-state index in [4.69, 9.17) is 5.73 Å². The van der Waals surface area contributed by atoms with E-state index in [1.807, 2.05) is 12.1 Å². The lowest BCUT2D eigenvalue weighted by Crippen LogP contribution is -1.82. The van der Waals surface area contributed by atoms with Gasteiger partial charge in [-0.25, -0.2) is 0 Å². The van der Waals surface area contributed by atoms with Gasteiger partial charge in [0.15, 0.2) is 0 Å². The second-order valence-electron chi connectivity index (χ2n) is 2.43. The zero-order chi connectivity index (χ0) is 8.72. The third-order valence-electron chi connectivity index (χ3n) is 1.65. The monoisotopic (exact) mass is 353 g/mol. The summed E-state index contributed by atoms with van der Waals surface area (Å²) in [6.07, 6.45) is 0. The van der Waals surface area contributed by atoms with Gasteiger partial charge in [-0.1, -0.05) is 22.0 Å². The maximum absolute atomic E-state index is 5.88. The second kappa shape index (κ2) is 3.16. The lowest BCUT2D eigenvalue weighted by atomic mass is 10.2. The smallest absolute Gasteiger partial charge is 0.0895 e. The van der Waals surface area contributed by atoms with Crippen LogP contribution in [-0.4, -0.2) is 0 Å². The van der Waals surface area contributed by atoms with Gasteiger partial charge in [-0.15, -0.1) is 11.3 Å². The summed E-state index contributed by atoms with van der Waals surface area (Å²) in [5, 5.41) is 1.16. The molecule has 0 atom stereocenters. The molecule has 2 aromatic rings. The number of anilines is 1. The molecule has 0 fully saturated rings. The van der Waals surface area contributed by atoms with E-state index in [1.165, 1.54) is 7.58 Å². The van der Waals surface area contributed by atoms with Crippen LogP contribution in [0, 0.1) is 2.88 Å². The molecule has 0 amide bonds. The average molecular weight is 354 g/mol. The van der Waals surface area contributed by atoms with Crippen LogP contribution in [0.4, 0.5) is 5.69 Å². The van der Waals surface area contributed by atoms with Crippen molar-refractivity contribution in [3.63, 3.8) is 0 Å². The Balaban J connectivity index is 2.87. The highest BCUT2D eigenvalue weighted by molar-refractivity contribution is 14.1. The summed E-state index contributed by atoms with van der Waals surface area (Å²) in [6, 6.07) is 6.16. The fraction of sp³-hybridized carbons (Fsp3) is 0. The van der Waals surface area contributed by atoms with E-state index >= 15 is 0 Å². The van der Waals surface area contributed by atoms with Crippen LogP contribution in [0.2, 0.25) is 0 Å². The van der Waals surface area contributed by atoms with E-state index in [0.29, 0.717) is 0 Å². The molecule has 62 valence electrons. The van der Waals surface area contributed by atoms with Crippen LogP contribution in [0.15, 0.2) is 22.7 Å². The molecule has 4 heteroatoms. The molecule has 2 rings (SSSR count). The fourth-order valence-corrected chi connectivity index (χ4v) is 3.46. The minimum Gasteiger partial charge on any atom is -0.397 e. The Bertz CT molecular complexity index is 438. The summed E-state index contributed by atoms with van der Waals surface area (Å²) in [4.78, 5) is 0. The minimum atomic E-state index is 0.906. The van der Waals surface area contributed by atoms with Crippen LogP contribution in [-0.2, 0) is 0 Å². The van der Waals surface area contributed by atoms with Crippen LogP contribution in [0.1, 0.15) is 0 Å². The molecule has 12 heavy (non-hydrogen) atoms. The van der Waals surface area contributed by atoms with Crippen molar-refractivity contribution >= 4 is 65.6 Å². The molecule has 0 aliphatic carbocycles. The number of rotatable bonds is 0. The van der Waals surface area contributed by atoms with Gasteiger partial charge in [0.2, 0.25) is 0 Å². The molecule has 1 aromatic carbocycles. The van der Waals surface area contributed by atoms with E-state index < -0.39 is 0 Å². The van der Waals surface area contributed by atoms with Crippen molar-refractivity contribution in [2.75, 3.05) is 5.73 Å². The number of hydrogen-bond acceptors (Lipinski definition) is 2. The molecular weight excluding hydrogens is 349 g/mol. The van der Waals surface area contributed by atoms with Crippen molar-refractivity contribution in [1.29, 1.82) is 0 Å². The molecule has 0 saturated heterocycles. The summed E-state index contributed by atoms with van der Waals surface area (Å²) in [7, 11) is 0. The van der Waals surface area contributed by atoms with Crippen LogP contribution in [0.25, 0.3) is 10.1 Å². The van der Waals surface area contributed by atoms with Gasteiger partial charge in [-0.2, -0.15) is 0 Å². The highest BCUT2D eigenvalue weighted by Gasteiger charge is 2.05. The van der Waals surface area contributed by atoms with Crippen molar-refractivity contribution in [3.8, 4) is 0 Å². The van der Waals surface area contributed by atoms with Gasteiger partial charge in [0.1, 0.15) is 0 Å². The quantitative estimate of drug-likeness (QED) is 0.715. The number of hydrogen-bond donors (Lipinski definition) is 1. The third-order valence-corrected chi connectivity index (χ3v) is 4.34. The lowest BCUT2D eigenvalue weighted by molar-refractivity contribution is 1.76. The number of nitrogen functional groups attached to an aromatic ring is 1. The lowest BCUT2D eigenvalue weighted by Gasteiger charge is -1.91. The van der Waals surface area contributed by atoms with Crippen molar-refractivity contribution in [2.45, 2.75) is 0 Å². The Morgan fingerprint density at radius 3 is 2.92 bits per heavy atom. The van der Waals surface area contributed by atoms with Gasteiger partial charge in [-0.05, 0) is 34.7 Å². The molecule has 0 radical (unpaired) electrons. The number of halogens is 2. The highest BCUT2D eigenvalue weighted by Crippen LogP contribution is 2.35. The van der Waals surface area contributed by atoms with E-state index in [2.05, 4.69) is 44.6 Å². The largest absolute Gasteiger partial charge is 0.397 e. The number of fused-ring (bicyclic) bond motifs is 1. The Labute approximate surface area is 96.2 Å². The standard InChI is InChI=1S/C8H5BrINS/c9-4-1-2-5-6(3-4)12-8(10)7(5)11/h1-3H,11H2. The third kappa shape index (κ3) is 1.36. The number of nitrogens with two attached hydrogens (primary N) is 1. The van der Waals surface area contributed by atoms with Crippen LogP contribution < -0.4 is 5.73 Å². The van der Waals surface area contributed by atoms with Gasteiger partial charge in [0.05, 0.1) is 8.57 Å². The molecule has 0 saturated carbocycles. The zero-order valence-electron chi connectivity index (χ0n) is 5.97. The number of thiophene rings is 1. The first kappa shape index (κ1) is 8.77. The molecule has 1 aromatic heterocycles. The maximum Gasteiger partial charge on any atom is 0.0895 e. The fourth-order valence-electron chi connectivity index (χ4n) is 1.06. The topological polar surface area (TPSA) is 26.0 Å². The first-order valence-corrected chi connectivity index (χ1v) is 6.00. The van der Waals surface area contributed by atoms with E-state index in [-0.39, 0.29) is 0 Å². The predicted octanol–water partition coefficient (Wildman–Crippen LogP) is 3.85. The SMILES string of the molecule is Nc1c(I)sc2cc(Br)ccc12. The Hall–Kier alpha value is 0.190. The predicted molar refractivity (Wildman–Crippen MR) is 66.7 cm³/mol. The first-order valence-electron chi connectivity index (χ1n) is 3.31. The summed E-state index contributed by atoms with van der Waals surface area (Å²) >= 11 is 7.42. The van der Waals surface area contributed by atoms with Gasteiger partial charge in [0, 0.05) is 14.6 Å². The van der Waals surface area contributed by atoms with Gasteiger partial charge in [0.25, 0.3) is 0 Å². The molecule has 2 N–H and O–H groups in total. The van der Waals surface area contributed by atoms with Gasteiger partial charge < -0.3 is 5.73 Å². The van der Waals surface area contributed by atoms with E-state index in [1.54, 1.807) is 11.3 Å². The molecule has 1 heterocycles. The minimum absolute atomic E-state index is 0.906. The van der Waals surface area contributed by atoms with Crippen LogP contribution in [0.3, 0.4) is 0 Å². The first-order chi connectivity index (χ1) is 5.68.